The van der Waals surface area contributed by atoms with Gasteiger partial charge >= 0.3 is 5.97 Å². The van der Waals surface area contributed by atoms with Crippen LogP contribution < -0.4 is 4.74 Å². The number of benzene rings is 1. The van der Waals surface area contributed by atoms with Crippen molar-refractivity contribution in [2.24, 2.45) is 0 Å². The summed E-state index contributed by atoms with van der Waals surface area (Å²) in [4.78, 5) is 11.2. The minimum absolute atomic E-state index is 0.00501. The standard InChI is InChI=1S/C14H15BrN2O3/c1-4-17-13(11(15)12(16-17)14(18)19)9-7-8(2)5-6-10(9)20-3/h5-7H,4H2,1-3H3,(H,18,19). The molecule has 0 aliphatic carbocycles. The highest BCUT2D eigenvalue weighted by atomic mass is 79.9. The number of hydrogen-bond acceptors (Lipinski definition) is 3. The van der Waals surface area contributed by atoms with Crippen molar-refractivity contribution in [1.82, 2.24) is 9.78 Å². The molecule has 0 bridgehead atoms. The second-order valence-electron chi connectivity index (χ2n) is 4.34. The second kappa shape index (κ2) is 5.66. The Bertz CT molecular complexity index is 665. The number of nitrogens with zero attached hydrogens (tertiary/aromatic N) is 2. The number of halogens is 1. The third-order valence-corrected chi connectivity index (χ3v) is 3.76. The summed E-state index contributed by atoms with van der Waals surface area (Å²) in [6, 6.07) is 5.77. The molecule has 0 aliphatic heterocycles. The van der Waals surface area contributed by atoms with Crippen LogP contribution in [0, 0.1) is 6.92 Å². The minimum atomic E-state index is -1.06. The van der Waals surface area contributed by atoms with Crippen molar-refractivity contribution in [2.75, 3.05) is 7.11 Å². The maximum absolute atomic E-state index is 11.2. The third-order valence-electron chi connectivity index (χ3n) is 3.01. The fraction of sp³-hybridized carbons (Fsp3) is 0.286. The highest BCUT2D eigenvalue weighted by Crippen LogP contribution is 2.37. The molecule has 0 saturated heterocycles. The van der Waals surface area contributed by atoms with Crippen LogP contribution >= 0.6 is 15.9 Å². The first-order chi connectivity index (χ1) is 9.49. The van der Waals surface area contributed by atoms with E-state index in [1.54, 1.807) is 11.8 Å². The molecule has 0 atom stereocenters. The van der Waals surface area contributed by atoms with Crippen LogP contribution in [-0.4, -0.2) is 28.0 Å². The summed E-state index contributed by atoms with van der Waals surface area (Å²) in [5.41, 5.74) is 2.60. The fourth-order valence-electron chi connectivity index (χ4n) is 2.07. The maximum atomic E-state index is 11.2. The summed E-state index contributed by atoms with van der Waals surface area (Å²) in [7, 11) is 1.59. The van der Waals surface area contributed by atoms with Crippen LogP contribution in [0.2, 0.25) is 0 Å². The predicted molar refractivity (Wildman–Crippen MR) is 79.3 cm³/mol. The van der Waals surface area contributed by atoms with Gasteiger partial charge in [-0.1, -0.05) is 11.6 Å². The lowest BCUT2D eigenvalue weighted by atomic mass is 10.1. The molecule has 0 radical (unpaired) electrons. The van der Waals surface area contributed by atoms with E-state index in [-0.39, 0.29) is 5.69 Å². The quantitative estimate of drug-likeness (QED) is 0.928. The molecule has 0 aliphatic rings. The van der Waals surface area contributed by atoms with Crippen LogP contribution in [0.15, 0.2) is 22.7 Å². The molecule has 6 heteroatoms. The molecule has 0 unspecified atom stereocenters. The first-order valence-corrected chi connectivity index (χ1v) is 6.93. The summed E-state index contributed by atoms with van der Waals surface area (Å²) >= 11 is 3.35. The topological polar surface area (TPSA) is 64.4 Å². The molecule has 106 valence electrons. The van der Waals surface area contributed by atoms with E-state index < -0.39 is 5.97 Å². The van der Waals surface area contributed by atoms with Gasteiger partial charge in [-0.3, -0.25) is 4.68 Å². The van der Waals surface area contributed by atoms with Crippen molar-refractivity contribution in [2.45, 2.75) is 20.4 Å². The first kappa shape index (κ1) is 14.6. The van der Waals surface area contributed by atoms with Crippen LogP contribution in [0.3, 0.4) is 0 Å². The number of hydrogen-bond donors (Lipinski definition) is 1. The van der Waals surface area contributed by atoms with E-state index in [2.05, 4.69) is 21.0 Å². The smallest absolute Gasteiger partial charge is 0.357 e. The Kier molecular flexibility index (Phi) is 4.13. The lowest BCUT2D eigenvalue weighted by Gasteiger charge is -2.11. The van der Waals surface area contributed by atoms with Gasteiger partial charge < -0.3 is 9.84 Å². The van der Waals surface area contributed by atoms with Crippen molar-refractivity contribution in [3.05, 3.63) is 33.9 Å². The molecule has 1 aromatic heterocycles. The van der Waals surface area contributed by atoms with Crippen molar-refractivity contribution < 1.29 is 14.6 Å². The van der Waals surface area contributed by atoms with E-state index in [0.29, 0.717) is 22.5 Å². The molecule has 1 heterocycles. The number of aryl methyl sites for hydroxylation is 2. The van der Waals surface area contributed by atoms with Gasteiger partial charge in [0, 0.05) is 12.1 Å². The van der Waals surface area contributed by atoms with Gasteiger partial charge in [-0.15, -0.1) is 0 Å². The van der Waals surface area contributed by atoms with E-state index in [9.17, 15) is 9.90 Å². The van der Waals surface area contributed by atoms with Crippen LogP contribution in [0.4, 0.5) is 0 Å². The Balaban J connectivity index is 2.75. The van der Waals surface area contributed by atoms with Crippen molar-refractivity contribution in [3.8, 4) is 17.0 Å². The summed E-state index contributed by atoms with van der Waals surface area (Å²) < 4.78 is 7.50. The average Bonchev–Trinajstić information content (AvgIpc) is 2.75. The number of carboxylic acids is 1. The lowest BCUT2D eigenvalue weighted by molar-refractivity contribution is 0.0688. The monoisotopic (exact) mass is 338 g/mol. The predicted octanol–water partition coefficient (Wildman–Crippen LogP) is 3.35. The van der Waals surface area contributed by atoms with Crippen molar-refractivity contribution in [3.63, 3.8) is 0 Å². The van der Waals surface area contributed by atoms with Gasteiger partial charge in [-0.05, 0) is 41.9 Å². The Morgan fingerprint density at radius 2 is 2.20 bits per heavy atom. The number of carbonyl (C=O) groups is 1. The van der Waals surface area contributed by atoms with E-state index >= 15 is 0 Å². The zero-order chi connectivity index (χ0) is 14.9. The van der Waals surface area contributed by atoms with Crippen molar-refractivity contribution >= 4 is 21.9 Å². The van der Waals surface area contributed by atoms with Gasteiger partial charge in [0.25, 0.3) is 0 Å². The Labute approximate surface area is 125 Å². The van der Waals surface area contributed by atoms with Gasteiger partial charge in [0.05, 0.1) is 17.3 Å². The number of methoxy groups -OCH3 is 1. The summed E-state index contributed by atoms with van der Waals surface area (Å²) in [6.45, 7) is 4.46. The largest absolute Gasteiger partial charge is 0.496 e. The lowest BCUT2D eigenvalue weighted by Crippen LogP contribution is -2.03. The molecule has 1 N–H and O–H groups in total. The van der Waals surface area contributed by atoms with Crippen LogP contribution in [0.25, 0.3) is 11.3 Å². The van der Waals surface area contributed by atoms with Gasteiger partial charge in [-0.25, -0.2) is 4.79 Å². The minimum Gasteiger partial charge on any atom is -0.496 e. The normalized spacial score (nSPS) is 10.6. The Morgan fingerprint density at radius 1 is 1.50 bits per heavy atom. The summed E-state index contributed by atoms with van der Waals surface area (Å²) in [6.07, 6.45) is 0. The first-order valence-electron chi connectivity index (χ1n) is 6.14. The van der Waals surface area contributed by atoms with Gasteiger partial charge in [0.15, 0.2) is 5.69 Å². The Hall–Kier alpha value is -1.82. The molecule has 0 fully saturated rings. The highest BCUT2D eigenvalue weighted by Gasteiger charge is 2.23. The van der Waals surface area contributed by atoms with E-state index in [4.69, 9.17) is 4.74 Å². The molecule has 2 aromatic rings. The molecule has 5 nitrogen and oxygen atoms in total. The molecular formula is C14H15BrN2O3. The average molecular weight is 339 g/mol. The van der Waals surface area contributed by atoms with Crippen LogP contribution in [-0.2, 0) is 6.54 Å². The van der Waals surface area contributed by atoms with Gasteiger partial charge in [-0.2, -0.15) is 5.10 Å². The molecule has 20 heavy (non-hydrogen) atoms. The molecule has 2 rings (SSSR count). The highest BCUT2D eigenvalue weighted by molar-refractivity contribution is 9.10. The van der Waals surface area contributed by atoms with Crippen molar-refractivity contribution in [1.29, 1.82) is 0 Å². The molecule has 0 spiro atoms. The van der Waals surface area contributed by atoms with Crippen LogP contribution in [0.1, 0.15) is 23.0 Å². The van der Waals surface area contributed by atoms with Gasteiger partial charge in [0.1, 0.15) is 5.75 Å². The zero-order valence-corrected chi connectivity index (χ0v) is 13.1. The fourth-order valence-corrected chi connectivity index (χ4v) is 2.74. The third kappa shape index (κ3) is 2.43. The van der Waals surface area contributed by atoms with Crippen LogP contribution in [0.5, 0.6) is 5.75 Å². The van der Waals surface area contributed by atoms with E-state index in [0.717, 1.165) is 11.1 Å². The number of aromatic nitrogens is 2. The number of ether oxygens (including phenoxy) is 1. The zero-order valence-electron chi connectivity index (χ0n) is 11.5. The molecular weight excluding hydrogens is 324 g/mol. The number of rotatable bonds is 4. The summed E-state index contributed by atoms with van der Waals surface area (Å²) in [5, 5.41) is 13.3. The SMILES string of the molecule is CCn1nc(C(=O)O)c(Br)c1-c1cc(C)ccc1OC. The Morgan fingerprint density at radius 3 is 2.75 bits per heavy atom. The molecule has 0 saturated carbocycles. The summed E-state index contributed by atoms with van der Waals surface area (Å²) in [5.74, 6) is -0.375. The second-order valence-corrected chi connectivity index (χ2v) is 5.13. The molecule has 1 aromatic carbocycles. The van der Waals surface area contributed by atoms with E-state index in [1.165, 1.54) is 0 Å². The maximum Gasteiger partial charge on any atom is 0.357 e. The van der Waals surface area contributed by atoms with Gasteiger partial charge in [0.2, 0.25) is 0 Å². The number of aromatic carboxylic acids is 1. The number of carboxylic acid groups (broad SMARTS) is 1. The van der Waals surface area contributed by atoms with E-state index in [1.807, 2.05) is 32.0 Å². The molecule has 0 amide bonds.